The van der Waals surface area contributed by atoms with Crippen LogP contribution in [0, 0.1) is 5.92 Å². The Morgan fingerprint density at radius 3 is 2.39 bits per heavy atom. The van der Waals surface area contributed by atoms with Crippen LogP contribution in [0.25, 0.3) is 0 Å². The highest BCUT2D eigenvalue weighted by atomic mass is 16.5. The molecule has 1 atom stereocenters. The zero-order chi connectivity index (χ0) is 13.5. The predicted molar refractivity (Wildman–Crippen MR) is 73.3 cm³/mol. The van der Waals surface area contributed by atoms with Crippen molar-refractivity contribution in [2.75, 3.05) is 7.11 Å². The zero-order valence-electron chi connectivity index (χ0n) is 11.7. The molecule has 100 valence electrons. The number of carbonyl (C=O) groups excluding carboxylic acids is 1. The van der Waals surface area contributed by atoms with E-state index in [4.69, 9.17) is 4.74 Å². The minimum absolute atomic E-state index is 0.195. The normalized spacial score (nSPS) is 12.5. The summed E-state index contributed by atoms with van der Waals surface area (Å²) in [7, 11) is 1.43. The summed E-state index contributed by atoms with van der Waals surface area (Å²) in [6, 6.07) is 8.04. The first-order valence-corrected chi connectivity index (χ1v) is 6.48. The van der Waals surface area contributed by atoms with Crippen LogP contribution in [0.2, 0.25) is 0 Å². The van der Waals surface area contributed by atoms with E-state index in [1.54, 1.807) is 0 Å². The summed E-state index contributed by atoms with van der Waals surface area (Å²) in [6.45, 7) is 6.86. The quantitative estimate of drug-likeness (QED) is 0.787. The summed E-state index contributed by atoms with van der Waals surface area (Å²) in [5.74, 6) is 0.0187. The molecule has 0 aliphatic rings. The molecule has 0 fully saturated rings. The lowest BCUT2D eigenvalue weighted by Crippen LogP contribution is -2.41. The highest BCUT2D eigenvalue weighted by molar-refractivity contribution is 5.75. The largest absolute Gasteiger partial charge is 0.468 e. The van der Waals surface area contributed by atoms with Gasteiger partial charge in [0.05, 0.1) is 7.11 Å². The molecule has 1 rings (SSSR count). The summed E-state index contributed by atoms with van der Waals surface area (Å²) in [4.78, 5) is 11.6. The van der Waals surface area contributed by atoms with E-state index in [1.165, 1.54) is 18.2 Å². The van der Waals surface area contributed by atoms with Crippen LogP contribution in [-0.2, 0) is 22.5 Å². The molecule has 1 aromatic rings. The zero-order valence-corrected chi connectivity index (χ0v) is 11.7. The summed E-state index contributed by atoms with van der Waals surface area (Å²) in [5.41, 5.74) is 2.56. The molecule has 0 aliphatic heterocycles. The summed E-state index contributed by atoms with van der Waals surface area (Å²) < 4.78 is 4.82. The number of esters is 1. The lowest BCUT2D eigenvalue weighted by molar-refractivity contribution is -0.144. The summed E-state index contributed by atoms with van der Waals surface area (Å²) in [5, 5.41) is 3.29. The standard InChI is InChI=1S/C15H23NO2/c1-5-12-8-6-7-9-13(12)10-16-14(11(2)3)15(17)18-4/h6-9,11,14,16H,5,10H2,1-4H3. The summed E-state index contributed by atoms with van der Waals surface area (Å²) in [6.07, 6.45) is 1.00. The SMILES string of the molecule is CCc1ccccc1CNC(C(=O)OC)C(C)C. The molecule has 0 aliphatic carbocycles. The maximum absolute atomic E-state index is 11.6. The fourth-order valence-corrected chi connectivity index (χ4v) is 2.01. The van der Waals surface area contributed by atoms with Crippen LogP contribution in [-0.4, -0.2) is 19.1 Å². The average molecular weight is 249 g/mol. The number of rotatable bonds is 6. The highest BCUT2D eigenvalue weighted by Gasteiger charge is 2.22. The summed E-state index contributed by atoms with van der Waals surface area (Å²) >= 11 is 0. The molecule has 3 heteroatoms. The number of hydrogen-bond donors (Lipinski definition) is 1. The number of methoxy groups -OCH3 is 1. The van der Waals surface area contributed by atoms with Gasteiger partial charge in [0.1, 0.15) is 6.04 Å². The van der Waals surface area contributed by atoms with Gasteiger partial charge in [0.2, 0.25) is 0 Å². The number of benzene rings is 1. The van der Waals surface area contributed by atoms with Gasteiger partial charge in [-0.25, -0.2) is 0 Å². The molecule has 1 unspecified atom stereocenters. The van der Waals surface area contributed by atoms with Crippen LogP contribution in [0.4, 0.5) is 0 Å². The van der Waals surface area contributed by atoms with E-state index in [0.29, 0.717) is 6.54 Å². The highest BCUT2D eigenvalue weighted by Crippen LogP contribution is 2.11. The van der Waals surface area contributed by atoms with Gasteiger partial charge in [-0.15, -0.1) is 0 Å². The van der Waals surface area contributed by atoms with E-state index in [2.05, 4.69) is 24.4 Å². The van der Waals surface area contributed by atoms with E-state index < -0.39 is 0 Å². The van der Waals surface area contributed by atoms with Crippen LogP contribution in [0.1, 0.15) is 31.9 Å². The van der Waals surface area contributed by atoms with Crippen molar-refractivity contribution >= 4 is 5.97 Å². The molecule has 1 aromatic carbocycles. The minimum Gasteiger partial charge on any atom is -0.468 e. The molecule has 0 bridgehead atoms. The van der Waals surface area contributed by atoms with E-state index in [0.717, 1.165) is 6.42 Å². The van der Waals surface area contributed by atoms with E-state index in [1.807, 2.05) is 26.0 Å². The van der Waals surface area contributed by atoms with Crippen molar-refractivity contribution in [3.63, 3.8) is 0 Å². The van der Waals surface area contributed by atoms with Crippen LogP contribution in [0.15, 0.2) is 24.3 Å². The smallest absolute Gasteiger partial charge is 0.323 e. The Balaban J connectivity index is 2.70. The van der Waals surface area contributed by atoms with E-state index in [-0.39, 0.29) is 17.9 Å². The molecule has 0 saturated heterocycles. The monoisotopic (exact) mass is 249 g/mol. The number of hydrogen-bond acceptors (Lipinski definition) is 3. The molecule has 0 spiro atoms. The number of ether oxygens (including phenoxy) is 1. The van der Waals surface area contributed by atoms with Crippen LogP contribution in [0.5, 0.6) is 0 Å². The van der Waals surface area contributed by atoms with Crippen molar-refractivity contribution < 1.29 is 9.53 Å². The Hall–Kier alpha value is -1.35. The first-order chi connectivity index (χ1) is 8.60. The van der Waals surface area contributed by atoms with Gasteiger partial charge in [-0.1, -0.05) is 45.0 Å². The fraction of sp³-hybridized carbons (Fsp3) is 0.533. The molecule has 3 nitrogen and oxygen atoms in total. The third kappa shape index (κ3) is 3.84. The maximum atomic E-state index is 11.6. The predicted octanol–water partition coefficient (Wildman–Crippen LogP) is 2.54. The Morgan fingerprint density at radius 1 is 1.28 bits per heavy atom. The van der Waals surface area contributed by atoms with Gasteiger partial charge in [-0.2, -0.15) is 0 Å². The van der Waals surface area contributed by atoms with Gasteiger partial charge in [0.25, 0.3) is 0 Å². The van der Waals surface area contributed by atoms with Crippen molar-refractivity contribution in [3.05, 3.63) is 35.4 Å². The third-order valence-corrected chi connectivity index (χ3v) is 3.13. The van der Waals surface area contributed by atoms with Gasteiger partial charge >= 0.3 is 5.97 Å². The average Bonchev–Trinajstić information content (AvgIpc) is 2.38. The maximum Gasteiger partial charge on any atom is 0.323 e. The van der Waals surface area contributed by atoms with Gasteiger partial charge in [-0.3, -0.25) is 4.79 Å². The molecule has 0 heterocycles. The second-order valence-electron chi connectivity index (χ2n) is 4.75. The lowest BCUT2D eigenvalue weighted by Gasteiger charge is -2.20. The lowest BCUT2D eigenvalue weighted by atomic mass is 10.0. The molecule has 0 aromatic heterocycles. The second-order valence-corrected chi connectivity index (χ2v) is 4.75. The molecule has 1 N–H and O–H groups in total. The van der Waals surface area contributed by atoms with Gasteiger partial charge in [0, 0.05) is 6.54 Å². The van der Waals surface area contributed by atoms with Crippen molar-refractivity contribution in [3.8, 4) is 0 Å². The number of aryl methyl sites for hydroxylation is 1. The Labute approximate surface area is 110 Å². The van der Waals surface area contributed by atoms with E-state index in [9.17, 15) is 4.79 Å². The van der Waals surface area contributed by atoms with Gasteiger partial charge in [-0.05, 0) is 23.5 Å². The topological polar surface area (TPSA) is 38.3 Å². The molecular weight excluding hydrogens is 226 g/mol. The van der Waals surface area contributed by atoms with Crippen molar-refractivity contribution in [2.24, 2.45) is 5.92 Å². The van der Waals surface area contributed by atoms with Crippen molar-refractivity contribution in [2.45, 2.75) is 39.8 Å². The first kappa shape index (κ1) is 14.7. The van der Waals surface area contributed by atoms with Crippen LogP contribution in [0.3, 0.4) is 0 Å². The van der Waals surface area contributed by atoms with Crippen molar-refractivity contribution in [1.82, 2.24) is 5.32 Å². The van der Waals surface area contributed by atoms with Crippen molar-refractivity contribution in [1.29, 1.82) is 0 Å². The molecular formula is C15H23NO2. The number of nitrogens with one attached hydrogen (secondary N) is 1. The van der Waals surface area contributed by atoms with Gasteiger partial charge < -0.3 is 10.1 Å². The number of carbonyl (C=O) groups is 1. The van der Waals surface area contributed by atoms with Gasteiger partial charge in [0.15, 0.2) is 0 Å². The molecule has 0 saturated carbocycles. The Morgan fingerprint density at radius 2 is 1.89 bits per heavy atom. The van der Waals surface area contributed by atoms with Crippen LogP contribution >= 0.6 is 0 Å². The van der Waals surface area contributed by atoms with E-state index >= 15 is 0 Å². The second kappa shape index (κ2) is 7.17. The Kier molecular flexibility index (Phi) is 5.86. The fourth-order valence-electron chi connectivity index (χ4n) is 2.01. The minimum atomic E-state index is -0.250. The molecule has 0 radical (unpaired) electrons. The molecule has 18 heavy (non-hydrogen) atoms. The first-order valence-electron chi connectivity index (χ1n) is 6.48. The van der Waals surface area contributed by atoms with Crippen LogP contribution < -0.4 is 5.32 Å². The molecule has 0 amide bonds. The Bertz CT molecular complexity index is 388. The third-order valence-electron chi connectivity index (χ3n) is 3.13.